The number of aryl methyl sites for hydroxylation is 2. The molecule has 0 saturated heterocycles. The summed E-state index contributed by atoms with van der Waals surface area (Å²) in [4.78, 5) is 86.1. The zero-order chi connectivity index (χ0) is 43.8. The zero-order valence-electron chi connectivity index (χ0n) is 35.6. The van der Waals surface area contributed by atoms with E-state index in [0.29, 0.717) is 11.1 Å². The van der Waals surface area contributed by atoms with Crippen LogP contribution in [0.2, 0.25) is 0 Å². The molecule has 0 heterocycles. The van der Waals surface area contributed by atoms with Crippen LogP contribution in [0.3, 0.4) is 0 Å². The van der Waals surface area contributed by atoms with Crippen molar-refractivity contribution < 1.29 is 58.0 Å². The molecule has 2 aromatic carbocycles. The maximum absolute atomic E-state index is 12.5. The van der Waals surface area contributed by atoms with Crippen molar-refractivity contribution in [3.05, 3.63) is 70.8 Å². The lowest BCUT2D eigenvalue weighted by Crippen LogP contribution is -2.49. The Hall–Kier alpha value is -5.03. The van der Waals surface area contributed by atoms with Crippen molar-refractivity contribution in [3.8, 4) is 0 Å². The molecule has 2 atom stereocenters. The Morgan fingerprint density at radius 1 is 0.545 bits per heavy atom. The Bertz CT molecular complexity index is 1590. The zero-order valence-corrected chi connectivity index (χ0v) is 31.6. The molecule has 0 bridgehead atoms. The molecule has 0 radical (unpaired) electrons. The minimum absolute atomic E-state index is 0.0640. The predicted molar refractivity (Wildman–Crippen MR) is 205 cm³/mol. The number of ether oxygens (including phenoxy) is 4. The monoisotopic (exact) mass is 775 g/mol. The largest absolute Gasteiger partial charge is 0.384 e. The minimum atomic E-state index is -1.24. The van der Waals surface area contributed by atoms with E-state index in [1.807, 2.05) is 26.0 Å². The molecule has 5 N–H and O–H groups in total. The lowest BCUT2D eigenvalue weighted by atomic mass is 10.0. The average molecular weight is 776 g/mol. The van der Waals surface area contributed by atoms with Gasteiger partial charge in [0, 0.05) is 71.9 Å². The van der Waals surface area contributed by atoms with Gasteiger partial charge in [-0.2, -0.15) is 0 Å². The van der Waals surface area contributed by atoms with Crippen LogP contribution in [0.1, 0.15) is 70.4 Å². The molecular weight excluding hydrogens is 714 g/mol. The minimum Gasteiger partial charge on any atom is -0.384 e. The number of ketones is 2. The Morgan fingerprint density at radius 2 is 0.945 bits per heavy atom. The second-order valence-corrected chi connectivity index (χ2v) is 11.7. The van der Waals surface area contributed by atoms with Crippen LogP contribution in [-0.4, -0.2) is 128 Å². The Balaban J connectivity index is 0.000000590. The molecule has 0 aliphatic carbocycles. The second-order valence-electron chi connectivity index (χ2n) is 11.7. The SMILES string of the molecule is [2H]COCCNC(=O)C[C@H](NC(=O)c1ccc(CC)cc1)C(=O)NCCOC[2H].[2H]COCCNC(=O)[C@H](CC(=O)C(=O)CCOC[2H])NC(=O)c1ccc(CC)cc1. The maximum atomic E-state index is 12.5. The lowest BCUT2D eigenvalue weighted by molar-refractivity contribution is -0.138. The molecule has 55 heavy (non-hydrogen) atoms. The van der Waals surface area contributed by atoms with E-state index in [4.69, 9.17) is 24.4 Å². The van der Waals surface area contributed by atoms with E-state index >= 15 is 0 Å². The van der Waals surface area contributed by atoms with Gasteiger partial charge in [0.25, 0.3) is 11.8 Å². The van der Waals surface area contributed by atoms with Gasteiger partial charge in [0.2, 0.25) is 29.3 Å². The summed E-state index contributed by atoms with van der Waals surface area (Å²) < 4.78 is 46.8. The number of Topliss-reactive ketones (excluding diaryl/α,β-unsaturated/α-hetero) is 2. The quantitative estimate of drug-likeness (QED) is 0.0707. The van der Waals surface area contributed by atoms with Gasteiger partial charge in [-0.15, -0.1) is 0 Å². The predicted octanol–water partition coefficient (Wildman–Crippen LogP) is 0.938. The Kier molecular flexibility index (Phi) is 21.3. The van der Waals surface area contributed by atoms with E-state index < -0.39 is 59.6 Å². The Morgan fingerprint density at radius 3 is 1.36 bits per heavy atom. The number of rotatable bonds is 25. The molecule has 16 heteroatoms. The maximum Gasteiger partial charge on any atom is 0.251 e. The van der Waals surface area contributed by atoms with Crippen molar-refractivity contribution in [2.75, 3.05) is 74.4 Å². The third kappa shape index (κ3) is 19.7. The number of benzene rings is 2. The van der Waals surface area contributed by atoms with Crippen LogP contribution in [-0.2, 0) is 55.8 Å². The molecule has 0 aliphatic rings. The van der Waals surface area contributed by atoms with Crippen LogP contribution in [0.4, 0.5) is 0 Å². The molecule has 0 aromatic heterocycles. The van der Waals surface area contributed by atoms with E-state index in [9.17, 15) is 33.6 Å². The highest BCUT2D eigenvalue weighted by molar-refractivity contribution is 6.37. The van der Waals surface area contributed by atoms with Gasteiger partial charge in [0.05, 0.1) is 38.3 Å². The Labute approximate surface area is 328 Å². The molecule has 304 valence electrons. The summed E-state index contributed by atoms with van der Waals surface area (Å²) in [5.74, 6) is -4.13. The highest BCUT2D eigenvalue weighted by Crippen LogP contribution is 2.08. The normalized spacial score (nSPS) is 12.5. The van der Waals surface area contributed by atoms with Gasteiger partial charge in [-0.3, -0.25) is 33.6 Å². The summed E-state index contributed by atoms with van der Waals surface area (Å²) >= 11 is 0. The first-order valence-electron chi connectivity index (χ1n) is 20.4. The lowest BCUT2D eigenvalue weighted by Gasteiger charge is -2.18. The standard InChI is InChI=1S/C20H28N2O6.C19H29N3O5/c1-4-14-5-7-15(8-6-14)19(25)22-16(20(26)21-10-12-28-3)13-18(24)17(23)9-11-27-2;1-4-14-5-7-15(8-6-14)18(24)22-16(19(25)21-10-12-27-3)13-17(23)20-9-11-26-2/h5-8,16H,4,9-13H2,1-3H3,(H,21,26)(H,22,25);5-8,16H,4,9-13H2,1-3H3,(H,20,23)(H,21,25)(H,22,24)/t2*16-/m00/s1/i2*2D,3D. The first-order chi connectivity index (χ1) is 28.4. The van der Waals surface area contributed by atoms with Gasteiger partial charge in [0.1, 0.15) is 12.1 Å². The first-order valence-corrected chi connectivity index (χ1v) is 17.6. The van der Waals surface area contributed by atoms with E-state index in [0.717, 1.165) is 24.0 Å². The number of methoxy groups -OCH3 is 4. The summed E-state index contributed by atoms with van der Waals surface area (Å²) in [7, 11) is -0.988. The summed E-state index contributed by atoms with van der Waals surface area (Å²) in [6.45, 7) is 4.83. The molecule has 2 rings (SSSR count). The fourth-order valence-corrected chi connectivity index (χ4v) is 4.55. The van der Waals surface area contributed by atoms with Crippen molar-refractivity contribution in [2.24, 2.45) is 0 Å². The summed E-state index contributed by atoms with van der Waals surface area (Å²) in [6.07, 6.45) is 0.718. The number of hydrogen-bond donors (Lipinski definition) is 5. The molecule has 0 saturated carbocycles. The molecule has 5 amide bonds. The topological polar surface area (TPSA) is 217 Å². The van der Waals surface area contributed by atoms with E-state index in [1.165, 1.54) is 0 Å². The van der Waals surface area contributed by atoms with E-state index in [2.05, 4.69) is 26.6 Å². The fourth-order valence-electron chi connectivity index (χ4n) is 4.55. The van der Waals surface area contributed by atoms with Gasteiger partial charge in [-0.25, -0.2) is 0 Å². The van der Waals surface area contributed by atoms with Crippen LogP contribution in [0.5, 0.6) is 0 Å². The van der Waals surface area contributed by atoms with Crippen molar-refractivity contribution >= 4 is 41.1 Å². The number of amides is 5. The van der Waals surface area contributed by atoms with Crippen LogP contribution in [0, 0.1) is 0 Å². The molecule has 0 spiro atoms. The summed E-state index contributed by atoms with van der Waals surface area (Å²) in [6, 6.07) is 11.5. The van der Waals surface area contributed by atoms with Gasteiger partial charge in [-0.1, -0.05) is 38.1 Å². The number of hydrogen-bond acceptors (Lipinski definition) is 11. The number of carbonyl (C=O) groups is 7. The van der Waals surface area contributed by atoms with E-state index in [1.54, 1.807) is 36.4 Å². The molecular formula is C39H57N5O11. The smallest absolute Gasteiger partial charge is 0.251 e. The third-order valence-corrected chi connectivity index (χ3v) is 7.72. The van der Waals surface area contributed by atoms with Crippen LogP contribution in [0.15, 0.2) is 48.5 Å². The third-order valence-electron chi connectivity index (χ3n) is 7.72. The van der Waals surface area contributed by atoms with Crippen molar-refractivity contribution in [3.63, 3.8) is 0 Å². The summed E-state index contributed by atoms with van der Waals surface area (Å²) in [5.41, 5.74) is 2.84. The van der Waals surface area contributed by atoms with Crippen LogP contribution < -0.4 is 26.6 Å². The van der Waals surface area contributed by atoms with Crippen molar-refractivity contribution in [1.29, 1.82) is 0 Å². The molecule has 0 fully saturated rings. The van der Waals surface area contributed by atoms with E-state index in [-0.39, 0.29) is 87.2 Å². The molecule has 0 aliphatic heterocycles. The highest BCUT2D eigenvalue weighted by atomic mass is 16.5. The van der Waals surface area contributed by atoms with Crippen molar-refractivity contribution in [1.82, 2.24) is 26.6 Å². The van der Waals surface area contributed by atoms with Gasteiger partial charge in [-0.05, 0) is 48.2 Å². The van der Waals surface area contributed by atoms with Crippen molar-refractivity contribution in [2.45, 2.75) is 58.0 Å². The molecule has 0 unspecified atom stereocenters. The first kappa shape index (κ1) is 41.1. The second kappa shape index (κ2) is 28.4. The van der Waals surface area contributed by atoms with Crippen LogP contribution >= 0.6 is 0 Å². The van der Waals surface area contributed by atoms with Gasteiger partial charge >= 0.3 is 0 Å². The van der Waals surface area contributed by atoms with Gasteiger partial charge < -0.3 is 45.5 Å². The molecule has 16 nitrogen and oxygen atoms in total. The number of nitrogens with one attached hydrogen (secondary N) is 5. The summed E-state index contributed by atoms with van der Waals surface area (Å²) in [5, 5.41) is 12.8. The number of carbonyl (C=O) groups excluding carboxylic acids is 7. The van der Waals surface area contributed by atoms with Gasteiger partial charge in [0.15, 0.2) is 0 Å². The molecule has 2 aromatic rings. The fraction of sp³-hybridized carbons (Fsp3) is 0.513. The highest BCUT2D eigenvalue weighted by Gasteiger charge is 2.27. The van der Waals surface area contributed by atoms with Crippen LogP contribution in [0.25, 0.3) is 0 Å². The average Bonchev–Trinajstić information content (AvgIpc) is 3.25.